The number of hydrogen-bond acceptors (Lipinski definition) is 5. The molecule has 9 atom stereocenters. The van der Waals surface area contributed by atoms with E-state index in [9.17, 15) is 19.5 Å². The average molecular weight is 722 g/mol. The van der Waals surface area contributed by atoms with Gasteiger partial charge in [-0.15, -0.1) is 0 Å². The summed E-state index contributed by atoms with van der Waals surface area (Å²) in [6, 6.07) is 8.28. The molecule has 0 heterocycles. The van der Waals surface area contributed by atoms with Crippen LogP contribution in [0.3, 0.4) is 0 Å². The van der Waals surface area contributed by atoms with Crippen LogP contribution in [0.15, 0.2) is 35.4 Å². The third-order valence-corrected chi connectivity index (χ3v) is 16.3. The zero-order valence-corrected chi connectivity index (χ0v) is 33.8. The quantitative estimate of drug-likeness (QED) is 0.247. The number of ether oxygens (including phenoxy) is 1. The zero-order valence-electron chi connectivity index (χ0n) is 33.0. The van der Waals surface area contributed by atoms with Crippen molar-refractivity contribution in [2.45, 2.75) is 146 Å². The molecule has 4 saturated carbocycles. The highest BCUT2D eigenvalue weighted by molar-refractivity contribution is 6.30. The Morgan fingerprint density at radius 3 is 2.22 bits per heavy atom. The number of rotatable bonds is 9. The standard InChI is InChI=1S/C44H64ClNO5/c1-26(2)36-31(47)23-44(25-46-27(3)28-11-13-29(45)14-12-28)22-21-42(9)30(37(36)44)15-16-33-41(8)19-18-34(51-35(48)24-39(4,5)38(49)50)40(6,7)32(41)17-20-43(33,42)10/h11-14,26-27,30,32-34,46H,15-25H2,1-10H3,(H,49,50)/t27-,30-,32+,33-,34+,41+,42-,43-,44+/m1/s1. The highest BCUT2D eigenvalue weighted by atomic mass is 35.5. The molecule has 5 aliphatic rings. The first-order valence-corrected chi connectivity index (χ1v) is 20.2. The number of Topliss-reactive ketones (excluding diaryl/α,β-unsaturated/α-hetero) is 1. The molecule has 51 heavy (non-hydrogen) atoms. The van der Waals surface area contributed by atoms with Gasteiger partial charge in [-0.3, -0.25) is 14.4 Å². The summed E-state index contributed by atoms with van der Waals surface area (Å²) in [5.41, 5.74) is 2.67. The molecule has 0 bridgehead atoms. The molecule has 6 nitrogen and oxygen atoms in total. The number of fused-ring (bicyclic) bond motifs is 7. The Morgan fingerprint density at radius 2 is 1.59 bits per heavy atom. The maximum absolute atomic E-state index is 14.0. The number of esters is 1. The van der Waals surface area contributed by atoms with Crippen LogP contribution in [0.5, 0.6) is 0 Å². The van der Waals surface area contributed by atoms with Crippen LogP contribution < -0.4 is 5.32 Å². The maximum atomic E-state index is 14.0. The molecule has 0 saturated heterocycles. The molecular formula is C44H64ClNO5. The Kier molecular flexibility index (Phi) is 9.82. The molecule has 0 unspecified atom stereocenters. The smallest absolute Gasteiger partial charge is 0.309 e. The molecule has 5 aliphatic carbocycles. The number of carboxylic acid groups (broad SMARTS) is 1. The second-order valence-corrected chi connectivity index (χ2v) is 20.3. The van der Waals surface area contributed by atoms with E-state index in [0.29, 0.717) is 30.0 Å². The van der Waals surface area contributed by atoms with Crippen LogP contribution in [0.2, 0.25) is 5.02 Å². The number of benzene rings is 1. The summed E-state index contributed by atoms with van der Waals surface area (Å²) < 4.78 is 6.18. The molecule has 1 aromatic carbocycles. The van der Waals surface area contributed by atoms with Crippen molar-refractivity contribution < 1.29 is 24.2 Å². The van der Waals surface area contributed by atoms with E-state index in [2.05, 4.69) is 72.8 Å². The van der Waals surface area contributed by atoms with Gasteiger partial charge < -0.3 is 15.2 Å². The Balaban J connectivity index is 1.27. The molecular weight excluding hydrogens is 658 g/mol. The molecule has 0 amide bonds. The van der Waals surface area contributed by atoms with E-state index in [-0.39, 0.29) is 51.6 Å². The molecule has 0 aliphatic heterocycles. The minimum absolute atomic E-state index is 0.0884. The minimum atomic E-state index is -1.15. The molecule has 0 spiro atoms. The largest absolute Gasteiger partial charge is 0.481 e. The van der Waals surface area contributed by atoms with Gasteiger partial charge in [0, 0.05) is 34.9 Å². The Morgan fingerprint density at radius 1 is 0.922 bits per heavy atom. The number of aliphatic carboxylic acids is 1. The molecule has 4 fully saturated rings. The summed E-state index contributed by atoms with van der Waals surface area (Å²) >= 11 is 6.20. The lowest BCUT2D eigenvalue weighted by molar-refractivity contribution is -0.233. The van der Waals surface area contributed by atoms with Gasteiger partial charge in [-0.2, -0.15) is 0 Å². The van der Waals surface area contributed by atoms with Crippen LogP contribution in [0.1, 0.15) is 145 Å². The lowest BCUT2D eigenvalue weighted by atomic mass is 9.33. The fourth-order valence-electron chi connectivity index (χ4n) is 13.0. The second kappa shape index (κ2) is 13.0. The molecule has 0 aromatic heterocycles. The number of ketones is 1. The van der Waals surface area contributed by atoms with E-state index < -0.39 is 17.4 Å². The third kappa shape index (κ3) is 6.05. The van der Waals surface area contributed by atoms with Crippen LogP contribution in [0.4, 0.5) is 0 Å². The maximum Gasteiger partial charge on any atom is 0.309 e. The lowest BCUT2D eigenvalue weighted by Crippen LogP contribution is -2.66. The predicted molar refractivity (Wildman–Crippen MR) is 203 cm³/mol. The summed E-state index contributed by atoms with van der Waals surface area (Å²) in [7, 11) is 0. The highest BCUT2D eigenvalue weighted by Crippen LogP contribution is 2.76. The van der Waals surface area contributed by atoms with Gasteiger partial charge in [-0.1, -0.05) is 77.8 Å². The minimum Gasteiger partial charge on any atom is -0.481 e. The van der Waals surface area contributed by atoms with Crippen molar-refractivity contribution >= 4 is 29.3 Å². The number of allylic oxidation sites excluding steroid dienone is 1. The summed E-state index contributed by atoms with van der Waals surface area (Å²) in [6.45, 7) is 23.0. The number of carboxylic acids is 1. The van der Waals surface area contributed by atoms with Crippen LogP contribution in [0, 0.1) is 56.2 Å². The Labute approximate surface area is 312 Å². The number of carbonyl (C=O) groups is 3. The van der Waals surface area contributed by atoms with Crippen molar-refractivity contribution in [2.24, 2.45) is 56.2 Å². The van der Waals surface area contributed by atoms with E-state index in [4.69, 9.17) is 16.3 Å². The van der Waals surface area contributed by atoms with Crippen molar-refractivity contribution in [3.63, 3.8) is 0 Å². The van der Waals surface area contributed by atoms with Crippen LogP contribution in [-0.4, -0.2) is 35.5 Å². The molecule has 0 radical (unpaired) electrons. The van der Waals surface area contributed by atoms with Gasteiger partial charge >= 0.3 is 11.9 Å². The number of halogens is 1. The first kappa shape index (κ1) is 38.5. The first-order chi connectivity index (χ1) is 23.6. The van der Waals surface area contributed by atoms with Crippen molar-refractivity contribution in [3.05, 3.63) is 46.0 Å². The number of carbonyl (C=O) groups excluding carboxylic acids is 2. The average Bonchev–Trinajstić information content (AvgIpc) is 3.34. The molecule has 7 heteroatoms. The van der Waals surface area contributed by atoms with Gasteiger partial charge in [0.15, 0.2) is 5.78 Å². The molecule has 282 valence electrons. The fraction of sp³-hybridized carbons (Fsp3) is 0.750. The monoisotopic (exact) mass is 721 g/mol. The topological polar surface area (TPSA) is 92.7 Å². The van der Waals surface area contributed by atoms with Crippen LogP contribution in [0.25, 0.3) is 0 Å². The summed E-state index contributed by atoms with van der Waals surface area (Å²) in [5.74, 6) is 0.545. The molecule has 2 N–H and O–H groups in total. The van der Waals surface area contributed by atoms with Crippen LogP contribution >= 0.6 is 11.6 Å². The van der Waals surface area contributed by atoms with Crippen molar-refractivity contribution in [3.8, 4) is 0 Å². The summed E-state index contributed by atoms with van der Waals surface area (Å²) in [6.07, 6.45) is 8.79. The Hall–Kier alpha value is -2.18. The second-order valence-electron chi connectivity index (χ2n) is 19.8. The lowest BCUT2D eigenvalue weighted by Gasteiger charge is -2.72. The SMILES string of the molecule is CC(C)C1=C2[C@H]3CC[C@@H]4[C@@]5(C)CC[C@H](OC(=O)CC(C)(C)C(=O)O)C(C)(C)[C@@H]5CC[C@@]4(C)[C@]3(C)CC[C@@]2(CN[C@H](C)c2ccc(Cl)cc2)CC1=O. The van der Waals surface area contributed by atoms with Gasteiger partial charge in [0.05, 0.1) is 11.8 Å². The molecule has 1 aromatic rings. The summed E-state index contributed by atoms with van der Waals surface area (Å²) in [4.78, 5) is 38.9. The van der Waals surface area contributed by atoms with Gasteiger partial charge in [0.1, 0.15) is 6.10 Å². The van der Waals surface area contributed by atoms with Crippen molar-refractivity contribution in [2.75, 3.05) is 6.54 Å². The van der Waals surface area contributed by atoms with Crippen molar-refractivity contribution in [1.29, 1.82) is 0 Å². The van der Waals surface area contributed by atoms with Gasteiger partial charge in [0.2, 0.25) is 0 Å². The van der Waals surface area contributed by atoms with Gasteiger partial charge in [-0.25, -0.2) is 0 Å². The number of nitrogens with one attached hydrogen (secondary N) is 1. The highest BCUT2D eigenvalue weighted by Gasteiger charge is 2.70. The summed E-state index contributed by atoms with van der Waals surface area (Å²) in [5, 5.41) is 14.2. The van der Waals surface area contributed by atoms with E-state index >= 15 is 0 Å². The molecule has 6 rings (SSSR count). The van der Waals surface area contributed by atoms with E-state index in [1.807, 2.05) is 12.1 Å². The predicted octanol–water partition coefficient (Wildman–Crippen LogP) is 10.4. The van der Waals surface area contributed by atoms with Crippen molar-refractivity contribution in [1.82, 2.24) is 5.32 Å². The fourth-order valence-corrected chi connectivity index (χ4v) is 13.1. The van der Waals surface area contributed by atoms with E-state index in [1.54, 1.807) is 13.8 Å². The van der Waals surface area contributed by atoms with E-state index in [0.717, 1.165) is 68.5 Å². The van der Waals surface area contributed by atoms with E-state index in [1.165, 1.54) is 11.1 Å². The normalized spacial score (nSPS) is 38.0. The third-order valence-electron chi connectivity index (χ3n) is 16.1. The van der Waals surface area contributed by atoms with Crippen LogP contribution in [-0.2, 0) is 19.1 Å². The van der Waals surface area contributed by atoms with Gasteiger partial charge in [-0.05, 0) is 135 Å². The Bertz CT molecular complexity index is 1590. The van der Waals surface area contributed by atoms with Gasteiger partial charge in [0.25, 0.3) is 0 Å². The number of hydrogen-bond donors (Lipinski definition) is 2. The first-order valence-electron chi connectivity index (χ1n) is 19.8. The zero-order chi connectivity index (χ0) is 37.5.